The molecule has 96 valence electrons. The van der Waals surface area contributed by atoms with E-state index < -0.39 is 10.0 Å². The van der Waals surface area contributed by atoms with E-state index in [1.807, 2.05) is 37.3 Å². The van der Waals surface area contributed by atoms with Crippen molar-refractivity contribution >= 4 is 10.0 Å². The van der Waals surface area contributed by atoms with Crippen molar-refractivity contribution in [2.75, 3.05) is 0 Å². The molecule has 0 aliphatic carbocycles. The number of aryl methyl sites for hydroxylation is 1. The number of hydrogen-bond donors (Lipinski definition) is 1. The monoisotopic (exact) mass is 301 g/mol. The number of hydrogen-bond acceptors (Lipinski definition) is 2. The van der Waals surface area contributed by atoms with Gasteiger partial charge in [-0.25, -0.2) is 13.1 Å². The van der Waals surface area contributed by atoms with E-state index >= 15 is 0 Å². The van der Waals surface area contributed by atoms with Gasteiger partial charge in [0.25, 0.3) is 0 Å². The zero-order chi connectivity index (χ0) is 13.0. The molecule has 2 aromatic carbocycles. The van der Waals surface area contributed by atoms with Crippen LogP contribution < -0.4 is 56.1 Å². The van der Waals surface area contributed by atoms with Crippen molar-refractivity contribution < 1.29 is 61.2 Å². The molecule has 0 bridgehead atoms. The summed E-state index contributed by atoms with van der Waals surface area (Å²) in [5.41, 5.74) is 1.98. The van der Waals surface area contributed by atoms with Crippen LogP contribution in [0.3, 0.4) is 0 Å². The first kappa shape index (κ1) is 17.0. The van der Waals surface area contributed by atoms with Crippen LogP contribution in [0.5, 0.6) is 0 Å². The van der Waals surface area contributed by atoms with Crippen LogP contribution in [0.25, 0.3) is 0 Å². The van der Waals surface area contributed by atoms with Crippen molar-refractivity contribution in [1.82, 2.24) is 4.72 Å². The van der Waals surface area contributed by atoms with E-state index in [1.165, 1.54) is 0 Å². The Balaban J connectivity index is 0.00000180. The van der Waals surface area contributed by atoms with E-state index in [2.05, 4.69) is 4.72 Å². The van der Waals surface area contributed by atoms with E-state index in [-0.39, 0.29) is 52.8 Å². The summed E-state index contributed by atoms with van der Waals surface area (Å²) < 4.78 is 26.6. The second-order valence-corrected chi connectivity index (χ2v) is 5.89. The summed E-state index contributed by atoms with van der Waals surface area (Å²) >= 11 is 0. The topological polar surface area (TPSA) is 46.2 Å². The molecule has 3 nitrogen and oxygen atoms in total. The van der Waals surface area contributed by atoms with Crippen LogP contribution >= 0.6 is 0 Å². The minimum absolute atomic E-state index is 0. The molecule has 0 atom stereocenters. The Morgan fingerprint density at radius 3 is 2.16 bits per heavy atom. The van der Waals surface area contributed by atoms with E-state index in [0.29, 0.717) is 11.4 Å². The number of benzene rings is 2. The Bertz CT molecular complexity index is 615. The predicted molar refractivity (Wildman–Crippen MR) is 72.8 cm³/mol. The fourth-order valence-electron chi connectivity index (χ4n) is 1.57. The summed E-state index contributed by atoms with van der Waals surface area (Å²) in [4.78, 5) is 0.295. The van der Waals surface area contributed by atoms with Crippen LogP contribution in [0, 0.1) is 6.92 Å². The predicted octanol–water partition coefficient (Wildman–Crippen LogP) is -0.410. The molecule has 0 saturated heterocycles. The van der Waals surface area contributed by atoms with Crippen LogP contribution in [0.4, 0.5) is 0 Å². The summed E-state index contributed by atoms with van der Waals surface area (Å²) in [6.07, 6.45) is 0. The molecule has 0 fully saturated rings. The SMILES string of the molecule is Cc1ccc(S(=O)(=O)NCc2ccccc2)cc1.[H-].[K+]. The molecule has 2 rings (SSSR count). The summed E-state index contributed by atoms with van der Waals surface area (Å²) in [5.74, 6) is 0. The van der Waals surface area contributed by atoms with Gasteiger partial charge in [0, 0.05) is 6.54 Å². The molecule has 1 N–H and O–H groups in total. The molecule has 0 amide bonds. The van der Waals surface area contributed by atoms with Gasteiger partial charge in [0.2, 0.25) is 10.0 Å². The summed E-state index contributed by atoms with van der Waals surface area (Å²) in [6.45, 7) is 2.23. The summed E-state index contributed by atoms with van der Waals surface area (Å²) in [5, 5.41) is 0. The van der Waals surface area contributed by atoms with E-state index in [9.17, 15) is 8.42 Å². The average Bonchev–Trinajstić information content (AvgIpc) is 2.38. The Morgan fingerprint density at radius 2 is 1.58 bits per heavy atom. The Hall–Kier alpha value is -0.0136. The molecular weight excluding hydrogens is 285 g/mol. The van der Waals surface area contributed by atoms with Gasteiger partial charge in [-0.3, -0.25) is 0 Å². The molecule has 0 aromatic heterocycles. The van der Waals surface area contributed by atoms with Crippen LogP contribution in [-0.2, 0) is 16.6 Å². The first-order chi connectivity index (χ1) is 8.58. The van der Waals surface area contributed by atoms with E-state index in [4.69, 9.17) is 0 Å². The van der Waals surface area contributed by atoms with Crippen LogP contribution in [-0.4, -0.2) is 8.42 Å². The van der Waals surface area contributed by atoms with Gasteiger partial charge in [-0.2, -0.15) is 0 Å². The van der Waals surface area contributed by atoms with Gasteiger partial charge in [0.05, 0.1) is 4.90 Å². The zero-order valence-electron chi connectivity index (χ0n) is 12.1. The van der Waals surface area contributed by atoms with Crippen molar-refractivity contribution in [3.8, 4) is 0 Å². The molecule has 0 unspecified atom stereocenters. The van der Waals surface area contributed by atoms with Gasteiger partial charge in [-0.15, -0.1) is 0 Å². The molecule has 0 radical (unpaired) electrons. The third kappa shape index (κ3) is 5.11. The fraction of sp³-hybridized carbons (Fsp3) is 0.143. The van der Waals surface area contributed by atoms with E-state index in [0.717, 1.165) is 11.1 Å². The van der Waals surface area contributed by atoms with Gasteiger partial charge in [-0.1, -0.05) is 48.0 Å². The van der Waals surface area contributed by atoms with Gasteiger partial charge in [0.15, 0.2) is 0 Å². The van der Waals surface area contributed by atoms with Gasteiger partial charge < -0.3 is 1.43 Å². The maximum absolute atomic E-state index is 12.0. The minimum atomic E-state index is -3.43. The van der Waals surface area contributed by atoms with Gasteiger partial charge in [-0.05, 0) is 24.6 Å². The van der Waals surface area contributed by atoms with Crippen LogP contribution in [0.15, 0.2) is 59.5 Å². The molecule has 0 aliphatic heterocycles. The van der Waals surface area contributed by atoms with Gasteiger partial charge >= 0.3 is 51.4 Å². The van der Waals surface area contributed by atoms with Crippen molar-refractivity contribution in [3.05, 3.63) is 65.7 Å². The second-order valence-electron chi connectivity index (χ2n) is 4.12. The van der Waals surface area contributed by atoms with Crippen LogP contribution in [0.2, 0.25) is 0 Å². The first-order valence-electron chi connectivity index (χ1n) is 5.68. The Morgan fingerprint density at radius 1 is 1.00 bits per heavy atom. The van der Waals surface area contributed by atoms with Crippen molar-refractivity contribution in [2.24, 2.45) is 0 Å². The smallest absolute Gasteiger partial charge is 1.00 e. The third-order valence-corrected chi connectivity index (χ3v) is 4.06. The molecule has 0 heterocycles. The standard InChI is InChI=1S/C14H15NO2S.K.H/c1-12-7-9-14(10-8-12)18(16,17)15-11-13-5-3-2-4-6-13;;/h2-10,15H,11H2,1H3;;/q;+1;-1. The summed E-state index contributed by atoms with van der Waals surface area (Å²) in [7, 11) is -3.43. The third-order valence-electron chi connectivity index (χ3n) is 2.64. The minimum Gasteiger partial charge on any atom is -1.00 e. The fourth-order valence-corrected chi connectivity index (χ4v) is 2.59. The average molecular weight is 301 g/mol. The largest absolute Gasteiger partial charge is 1.00 e. The zero-order valence-corrected chi connectivity index (χ0v) is 15.1. The number of sulfonamides is 1. The maximum atomic E-state index is 12.0. The molecular formula is C14H16KNO2S. The molecule has 0 saturated carbocycles. The normalized spacial score (nSPS) is 10.8. The maximum Gasteiger partial charge on any atom is 1.00 e. The molecule has 19 heavy (non-hydrogen) atoms. The van der Waals surface area contributed by atoms with Gasteiger partial charge in [0.1, 0.15) is 0 Å². The van der Waals surface area contributed by atoms with E-state index in [1.54, 1.807) is 24.3 Å². The number of rotatable bonds is 4. The van der Waals surface area contributed by atoms with Crippen LogP contribution in [0.1, 0.15) is 12.6 Å². The van der Waals surface area contributed by atoms with Crippen molar-refractivity contribution in [2.45, 2.75) is 18.4 Å². The Kier molecular flexibility index (Phi) is 6.89. The van der Waals surface area contributed by atoms with Crippen molar-refractivity contribution in [1.29, 1.82) is 0 Å². The molecule has 0 aliphatic rings. The first-order valence-corrected chi connectivity index (χ1v) is 7.16. The molecule has 2 aromatic rings. The molecule has 5 heteroatoms. The Labute approximate surface area is 158 Å². The number of nitrogens with one attached hydrogen (secondary N) is 1. The quantitative estimate of drug-likeness (QED) is 0.781. The van der Waals surface area contributed by atoms with Crippen molar-refractivity contribution in [3.63, 3.8) is 0 Å². The second kappa shape index (κ2) is 7.69. The summed E-state index contributed by atoms with van der Waals surface area (Å²) in [6, 6.07) is 16.2. The molecule has 0 spiro atoms.